The van der Waals surface area contributed by atoms with Gasteiger partial charge in [0.25, 0.3) is 0 Å². The Hall–Kier alpha value is -1.51. The smallest absolute Gasteiger partial charge is 0.243 e. The maximum Gasteiger partial charge on any atom is 0.243 e. The first-order valence-corrected chi connectivity index (χ1v) is 10.9. The van der Waals surface area contributed by atoms with Gasteiger partial charge in [0.1, 0.15) is 5.82 Å². The van der Waals surface area contributed by atoms with Gasteiger partial charge in [-0.1, -0.05) is 0 Å². The molecule has 3 rings (SSSR count). The Morgan fingerprint density at radius 2 is 1.74 bits per heavy atom. The van der Waals surface area contributed by atoms with Gasteiger partial charge >= 0.3 is 0 Å². The molecule has 0 N–H and O–H groups in total. The second-order valence-corrected chi connectivity index (χ2v) is 9.25. The minimum atomic E-state index is -3.65. The summed E-state index contributed by atoms with van der Waals surface area (Å²) in [6.45, 7) is 5.17. The van der Waals surface area contributed by atoms with E-state index in [0.717, 1.165) is 12.8 Å². The summed E-state index contributed by atoms with van der Waals surface area (Å²) in [5, 5.41) is 0. The monoisotopic (exact) mass is 398 g/mol. The molecule has 2 fully saturated rings. The molecule has 0 atom stereocenters. The van der Waals surface area contributed by atoms with Gasteiger partial charge in [0, 0.05) is 45.3 Å². The lowest BCUT2D eigenvalue weighted by atomic mass is 9.99. The van der Waals surface area contributed by atoms with E-state index in [1.54, 1.807) is 13.8 Å². The Morgan fingerprint density at radius 1 is 1.15 bits per heavy atom. The Labute approximate surface area is 160 Å². The fourth-order valence-corrected chi connectivity index (χ4v) is 5.62. The minimum Gasteiger partial charge on any atom is -0.381 e. The zero-order chi connectivity index (χ0) is 19.6. The van der Waals surface area contributed by atoms with Gasteiger partial charge in [0.05, 0.1) is 4.90 Å². The summed E-state index contributed by atoms with van der Waals surface area (Å²) in [6, 6.07) is 4.10. The molecule has 1 amide bonds. The summed E-state index contributed by atoms with van der Waals surface area (Å²) in [7, 11) is -3.65. The van der Waals surface area contributed by atoms with Gasteiger partial charge < -0.3 is 9.64 Å². The number of hydrogen-bond acceptors (Lipinski definition) is 4. The number of piperidine rings is 1. The summed E-state index contributed by atoms with van der Waals surface area (Å²) in [6.07, 6.45) is 2.87. The SMILES string of the molecule is CC(=O)N(C1CCOCC1)C1CCN(S(=O)(=O)c2ccc(F)c(C)c2)CC1. The molecule has 27 heavy (non-hydrogen) atoms. The highest BCUT2D eigenvalue weighted by molar-refractivity contribution is 7.89. The van der Waals surface area contributed by atoms with Gasteiger partial charge in [-0.05, 0) is 56.4 Å². The molecule has 8 heteroatoms. The van der Waals surface area contributed by atoms with Gasteiger partial charge in [-0.25, -0.2) is 12.8 Å². The second kappa shape index (κ2) is 8.24. The van der Waals surface area contributed by atoms with Gasteiger partial charge in [0.2, 0.25) is 15.9 Å². The largest absolute Gasteiger partial charge is 0.381 e. The van der Waals surface area contributed by atoms with E-state index >= 15 is 0 Å². The third-order valence-corrected chi connectivity index (χ3v) is 7.43. The van der Waals surface area contributed by atoms with Crippen molar-refractivity contribution >= 4 is 15.9 Å². The molecule has 2 saturated heterocycles. The van der Waals surface area contributed by atoms with Crippen LogP contribution in [0, 0.1) is 12.7 Å². The summed E-state index contributed by atoms with van der Waals surface area (Å²) < 4.78 is 46.0. The molecule has 6 nitrogen and oxygen atoms in total. The number of rotatable bonds is 4. The van der Waals surface area contributed by atoms with Crippen molar-refractivity contribution in [2.45, 2.75) is 56.5 Å². The number of amides is 1. The maximum absolute atomic E-state index is 13.5. The van der Waals surface area contributed by atoms with Crippen LogP contribution in [-0.2, 0) is 19.6 Å². The lowest BCUT2D eigenvalue weighted by molar-refractivity contribution is -0.137. The molecule has 150 valence electrons. The van der Waals surface area contributed by atoms with E-state index in [1.165, 1.54) is 22.5 Å². The average Bonchev–Trinajstić information content (AvgIpc) is 2.65. The van der Waals surface area contributed by atoms with Crippen LogP contribution < -0.4 is 0 Å². The number of aryl methyl sites for hydroxylation is 1. The second-order valence-electron chi connectivity index (χ2n) is 7.32. The molecule has 0 bridgehead atoms. The van der Waals surface area contributed by atoms with E-state index in [2.05, 4.69) is 0 Å². The molecule has 1 aromatic carbocycles. The quantitative estimate of drug-likeness (QED) is 0.781. The fraction of sp³-hybridized carbons (Fsp3) is 0.632. The summed E-state index contributed by atoms with van der Waals surface area (Å²) in [4.78, 5) is 14.3. The van der Waals surface area contributed by atoms with Crippen LogP contribution in [0.4, 0.5) is 4.39 Å². The molecular weight excluding hydrogens is 371 g/mol. The number of carbonyl (C=O) groups is 1. The first-order valence-electron chi connectivity index (χ1n) is 9.43. The number of benzene rings is 1. The zero-order valence-corrected chi connectivity index (χ0v) is 16.7. The van der Waals surface area contributed by atoms with E-state index in [-0.39, 0.29) is 22.9 Å². The number of carbonyl (C=O) groups excluding carboxylic acids is 1. The predicted octanol–water partition coefficient (Wildman–Crippen LogP) is 2.31. The first kappa shape index (κ1) is 20.2. The Kier molecular flexibility index (Phi) is 6.18. The number of ether oxygens (including phenoxy) is 1. The van der Waals surface area contributed by atoms with Gasteiger partial charge in [-0.3, -0.25) is 4.79 Å². The van der Waals surface area contributed by atoms with Crippen molar-refractivity contribution in [3.05, 3.63) is 29.6 Å². The molecule has 0 aromatic heterocycles. The molecule has 2 aliphatic rings. The lowest BCUT2D eigenvalue weighted by Crippen LogP contribution is -2.53. The Balaban J connectivity index is 1.69. The minimum absolute atomic E-state index is 0.0392. The predicted molar refractivity (Wildman–Crippen MR) is 99.3 cm³/mol. The van der Waals surface area contributed by atoms with Crippen LogP contribution in [0.15, 0.2) is 23.1 Å². The highest BCUT2D eigenvalue weighted by Gasteiger charge is 2.35. The number of hydrogen-bond donors (Lipinski definition) is 0. The fourth-order valence-electron chi connectivity index (χ4n) is 4.06. The third kappa shape index (κ3) is 4.33. The van der Waals surface area contributed by atoms with Crippen molar-refractivity contribution in [2.24, 2.45) is 0 Å². The van der Waals surface area contributed by atoms with Crippen LogP contribution in [0.3, 0.4) is 0 Å². The normalized spacial score (nSPS) is 20.6. The van der Waals surface area contributed by atoms with Crippen molar-refractivity contribution in [1.29, 1.82) is 0 Å². The van der Waals surface area contributed by atoms with Crippen LogP contribution in [-0.4, -0.2) is 61.9 Å². The van der Waals surface area contributed by atoms with Crippen LogP contribution in [0.5, 0.6) is 0 Å². The molecule has 2 heterocycles. The first-order chi connectivity index (χ1) is 12.8. The maximum atomic E-state index is 13.5. The molecule has 2 aliphatic heterocycles. The molecular formula is C19H27FN2O4S. The highest BCUT2D eigenvalue weighted by Crippen LogP contribution is 2.27. The molecule has 0 unspecified atom stereocenters. The number of sulfonamides is 1. The lowest BCUT2D eigenvalue weighted by Gasteiger charge is -2.43. The highest BCUT2D eigenvalue weighted by atomic mass is 32.2. The standard InChI is InChI=1S/C19H27FN2O4S/c1-14-13-18(3-4-19(14)20)27(24,25)21-9-5-16(6-10-21)22(15(2)23)17-7-11-26-12-8-17/h3-4,13,16-17H,5-12H2,1-2H3. The summed E-state index contributed by atoms with van der Waals surface area (Å²) >= 11 is 0. The van der Waals surface area contributed by atoms with Gasteiger partial charge in [-0.15, -0.1) is 0 Å². The van der Waals surface area contributed by atoms with Crippen molar-refractivity contribution in [2.75, 3.05) is 26.3 Å². The molecule has 1 aromatic rings. The topological polar surface area (TPSA) is 66.9 Å². The van der Waals surface area contributed by atoms with Crippen LogP contribution in [0.1, 0.15) is 38.2 Å². The van der Waals surface area contributed by atoms with E-state index in [0.29, 0.717) is 44.7 Å². The number of nitrogens with zero attached hydrogens (tertiary/aromatic N) is 2. The van der Waals surface area contributed by atoms with E-state index in [1.807, 2.05) is 4.90 Å². The Bertz CT molecular complexity index is 785. The number of halogens is 1. The molecule has 0 aliphatic carbocycles. The molecule has 0 spiro atoms. The summed E-state index contributed by atoms with van der Waals surface area (Å²) in [5.41, 5.74) is 0.313. The average molecular weight is 399 g/mol. The van der Waals surface area contributed by atoms with E-state index in [4.69, 9.17) is 4.74 Å². The molecule has 0 saturated carbocycles. The van der Waals surface area contributed by atoms with Crippen molar-refractivity contribution in [3.63, 3.8) is 0 Å². The van der Waals surface area contributed by atoms with Crippen LogP contribution >= 0.6 is 0 Å². The van der Waals surface area contributed by atoms with Gasteiger partial charge in [0.15, 0.2) is 0 Å². The van der Waals surface area contributed by atoms with Crippen molar-refractivity contribution in [1.82, 2.24) is 9.21 Å². The molecule has 0 radical (unpaired) electrons. The van der Waals surface area contributed by atoms with E-state index < -0.39 is 15.8 Å². The third-order valence-electron chi connectivity index (χ3n) is 5.53. The van der Waals surface area contributed by atoms with E-state index in [9.17, 15) is 17.6 Å². The summed E-state index contributed by atoms with van der Waals surface area (Å²) in [5.74, 6) is -0.376. The van der Waals surface area contributed by atoms with Crippen molar-refractivity contribution in [3.8, 4) is 0 Å². The Morgan fingerprint density at radius 3 is 2.30 bits per heavy atom. The van der Waals surface area contributed by atoms with Gasteiger partial charge in [-0.2, -0.15) is 4.31 Å². The van der Waals surface area contributed by atoms with Crippen LogP contribution in [0.25, 0.3) is 0 Å². The zero-order valence-electron chi connectivity index (χ0n) is 15.9. The van der Waals surface area contributed by atoms with Crippen molar-refractivity contribution < 1.29 is 22.3 Å². The van der Waals surface area contributed by atoms with Crippen LogP contribution in [0.2, 0.25) is 0 Å².